The van der Waals surface area contributed by atoms with Crippen LogP contribution in [0.2, 0.25) is 0 Å². The Hall–Kier alpha value is -2.06. The van der Waals surface area contributed by atoms with Crippen molar-refractivity contribution in [3.8, 4) is 0 Å². The molecule has 0 spiro atoms. The quantitative estimate of drug-likeness (QED) is 0.600. The van der Waals surface area contributed by atoms with Crippen molar-refractivity contribution >= 4 is 35.2 Å². The van der Waals surface area contributed by atoms with E-state index in [0.717, 1.165) is 16.8 Å². The van der Waals surface area contributed by atoms with Crippen LogP contribution in [0.15, 0.2) is 18.2 Å². The first-order valence-corrected chi connectivity index (χ1v) is 8.70. The molecule has 0 aliphatic carbocycles. The number of hydrogen-bond acceptors (Lipinski definition) is 5. The molecule has 1 aliphatic rings. The summed E-state index contributed by atoms with van der Waals surface area (Å²) in [7, 11) is 0. The number of benzene rings is 1. The molecule has 3 amide bonds. The molecular formula is C16H22N4O3S. The van der Waals surface area contributed by atoms with Crippen molar-refractivity contribution in [1.82, 2.24) is 10.6 Å². The number of aryl methyl sites for hydroxylation is 2. The third-order valence-corrected chi connectivity index (χ3v) is 4.46. The molecule has 0 radical (unpaired) electrons. The fourth-order valence-electron chi connectivity index (χ4n) is 2.61. The Morgan fingerprint density at radius 1 is 1.29 bits per heavy atom. The maximum atomic E-state index is 12.1. The van der Waals surface area contributed by atoms with Gasteiger partial charge in [0.15, 0.2) is 0 Å². The SMILES string of the molecule is Cc1cc(C)cc(NC(=O)CSC2NC(=O)CC(CC(N)=O)N2)c1. The van der Waals surface area contributed by atoms with Gasteiger partial charge in [-0.05, 0) is 37.1 Å². The minimum Gasteiger partial charge on any atom is -0.370 e. The summed E-state index contributed by atoms with van der Waals surface area (Å²) in [5.74, 6) is -0.599. The van der Waals surface area contributed by atoms with Crippen molar-refractivity contribution in [2.45, 2.75) is 38.2 Å². The molecular weight excluding hydrogens is 328 g/mol. The van der Waals surface area contributed by atoms with Crippen molar-refractivity contribution in [2.24, 2.45) is 5.73 Å². The van der Waals surface area contributed by atoms with Gasteiger partial charge in [0.2, 0.25) is 17.7 Å². The second-order valence-corrected chi connectivity index (χ2v) is 7.01. The molecule has 8 heteroatoms. The lowest BCUT2D eigenvalue weighted by atomic mass is 10.1. The highest BCUT2D eigenvalue weighted by molar-refractivity contribution is 8.00. The molecule has 2 atom stereocenters. The molecule has 0 aromatic heterocycles. The topological polar surface area (TPSA) is 113 Å². The molecule has 2 unspecified atom stereocenters. The summed E-state index contributed by atoms with van der Waals surface area (Å²) in [5.41, 5.74) is 7.66. The zero-order valence-electron chi connectivity index (χ0n) is 13.7. The number of nitrogens with two attached hydrogens (primary N) is 1. The Balaban J connectivity index is 1.84. The van der Waals surface area contributed by atoms with E-state index in [1.807, 2.05) is 32.0 Å². The van der Waals surface area contributed by atoms with Gasteiger partial charge < -0.3 is 16.4 Å². The van der Waals surface area contributed by atoms with Crippen LogP contribution in [0.25, 0.3) is 0 Å². The van der Waals surface area contributed by atoms with Gasteiger partial charge in [-0.15, -0.1) is 11.8 Å². The van der Waals surface area contributed by atoms with Crippen LogP contribution in [-0.2, 0) is 14.4 Å². The molecule has 1 heterocycles. The number of amides is 3. The van der Waals surface area contributed by atoms with Crippen LogP contribution in [-0.4, -0.2) is 35.0 Å². The number of anilines is 1. The minimum absolute atomic E-state index is 0.0965. The van der Waals surface area contributed by atoms with E-state index >= 15 is 0 Å². The molecule has 2 rings (SSSR count). The van der Waals surface area contributed by atoms with Crippen LogP contribution in [0.3, 0.4) is 0 Å². The first-order valence-electron chi connectivity index (χ1n) is 7.65. The van der Waals surface area contributed by atoms with E-state index in [9.17, 15) is 14.4 Å². The highest BCUT2D eigenvalue weighted by Gasteiger charge is 2.27. The zero-order chi connectivity index (χ0) is 17.7. The van der Waals surface area contributed by atoms with Gasteiger partial charge in [0.05, 0.1) is 5.75 Å². The Kier molecular flexibility index (Phi) is 6.22. The monoisotopic (exact) mass is 350 g/mol. The lowest BCUT2D eigenvalue weighted by Crippen LogP contribution is -2.55. The number of carbonyl (C=O) groups excluding carboxylic acids is 3. The predicted octanol–water partition coefficient (Wildman–Crippen LogP) is 0.612. The average Bonchev–Trinajstić information content (AvgIpc) is 2.42. The van der Waals surface area contributed by atoms with E-state index < -0.39 is 11.4 Å². The van der Waals surface area contributed by atoms with Gasteiger partial charge in [0, 0.05) is 24.6 Å². The molecule has 24 heavy (non-hydrogen) atoms. The van der Waals surface area contributed by atoms with Crippen LogP contribution in [0, 0.1) is 13.8 Å². The fourth-order valence-corrected chi connectivity index (χ4v) is 3.50. The molecule has 130 valence electrons. The van der Waals surface area contributed by atoms with Gasteiger partial charge in [-0.3, -0.25) is 19.7 Å². The third-order valence-electron chi connectivity index (χ3n) is 3.45. The van der Waals surface area contributed by atoms with Crippen LogP contribution in [0.4, 0.5) is 5.69 Å². The standard InChI is InChI=1S/C16H22N4O3S/c1-9-3-10(2)5-11(4-9)18-15(23)8-24-16-19-12(6-13(17)21)7-14(22)20-16/h3-5,12,16,19H,6-8H2,1-2H3,(H2,17,21)(H,18,23)(H,20,22). The molecule has 0 saturated carbocycles. The molecule has 1 aromatic carbocycles. The smallest absolute Gasteiger partial charge is 0.234 e. The number of carbonyl (C=O) groups is 3. The Morgan fingerprint density at radius 3 is 2.58 bits per heavy atom. The second-order valence-electron chi connectivity index (χ2n) is 5.92. The Bertz CT molecular complexity index is 628. The second kappa shape index (κ2) is 8.16. The summed E-state index contributed by atoms with van der Waals surface area (Å²) in [6, 6.07) is 5.54. The minimum atomic E-state index is -0.460. The van der Waals surface area contributed by atoms with Crippen molar-refractivity contribution in [2.75, 3.05) is 11.1 Å². The number of hydrogen-bond donors (Lipinski definition) is 4. The Morgan fingerprint density at radius 2 is 1.96 bits per heavy atom. The number of rotatable bonds is 6. The molecule has 1 aromatic rings. The van der Waals surface area contributed by atoms with Crippen LogP contribution in [0.5, 0.6) is 0 Å². The van der Waals surface area contributed by atoms with E-state index in [1.54, 1.807) is 0 Å². The number of primary amides is 1. The van der Waals surface area contributed by atoms with Crippen LogP contribution < -0.4 is 21.7 Å². The lowest BCUT2D eigenvalue weighted by Gasteiger charge is -2.30. The maximum absolute atomic E-state index is 12.1. The van der Waals surface area contributed by atoms with Gasteiger partial charge in [-0.1, -0.05) is 6.07 Å². The van der Waals surface area contributed by atoms with Gasteiger partial charge in [0.1, 0.15) is 5.50 Å². The van der Waals surface area contributed by atoms with Crippen LogP contribution >= 0.6 is 11.8 Å². The molecule has 1 aliphatic heterocycles. The van der Waals surface area contributed by atoms with Gasteiger partial charge >= 0.3 is 0 Å². The predicted molar refractivity (Wildman–Crippen MR) is 94.3 cm³/mol. The van der Waals surface area contributed by atoms with Crippen molar-refractivity contribution in [3.63, 3.8) is 0 Å². The zero-order valence-corrected chi connectivity index (χ0v) is 14.5. The molecule has 5 N–H and O–H groups in total. The average molecular weight is 350 g/mol. The van der Waals surface area contributed by atoms with Gasteiger partial charge in [-0.2, -0.15) is 0 Å². The van der Waals surface area contributed by atoms with E-state index in [0.29, 0.717) is 0 Å². The van der Waals surface area contributed by atoms with Crippen molar-refractivity contribution in [1.29, 1.82) is 0 Å². The summed E-state index contributed by atoms with van der Waals surface area (Å²) in [6.07, 6.45) is 0.300. The molecule has 0 bridgehead atoms. The van der Waals surface area contributed by atoms with Gasteiger partial charge in [0.25, 0.3) is 0 Å². The summed E-state index contributed by atoms with van der Waals surface area (Å²) in [6.45, 7) is 3.94. The molecule has 7 nitrogen and oxygen atoms in total. The molecule has 1 fully saturated rings. The first-order chi connectivity index (χ1) is 11.3. The van der Waals surface area contributed by atoms with E-state index in [2.05, 4.69) is 16.0 Å². The summed E-state index contributed by atoms with van der Waals surface area (Å²) >= 11 is 1.26. The van der Waals surface area contributed by atoms with E-state index in [-0.39, 0.29) is 36.5 Å². The summed E-state index contributed by atoms with van der Waals surface area (Å²) < 4.78 is 0. The summed E-state index contributed by atoms with van der Waals surface area (Å²) in [5, 5.41) is 8.68. The van der Waals surface area contributed by atoms with E-state index in [4.69, 9.17) is 5.73 Å². The fraction of sp³-hybridized carbons (Fsp3) is 0.438. The highest BCUT2D eigenvalue weighted by Crippen LogP contribution is 2.16. The number of nitrogens with one attached hydrogen (secondary N) is 3. The highest BCUT2D eigenvalue weighted by atomic mass is 32.2. The van der Waals surface area contributed by atoms with Crippen LogP contribution in [0.1, 0.15) is 24.0 Å². The molecule has 1 saturated heterocycles. The lowest BCUT2D eigenvalue weighted by molar-refractivity contribution is -0.124. The number of thioether (sulfide) groups is 1. The normalized spacial score (nSPS) is 20.3. The van der Waals surface area contributed by atoms with Crippen molar-refractivity contribution in [3.05, 3.63) is 29.3 Å². The largest absolute Gasteiger partial charge is 0.370 e. The first kappa shape index (κ1) is 18.3. The summed E-state index contributed by atoms with van der Waals surface area (Å²) in [4.78, 5) is 34.7. The van der Waals surface area contributed by atoms with Gasteiger partial charge in [-0.25, -0.2) is 0 Å². The maximum Gasteiger partial charge on any atom is 0.234 e. The van der Waals surface area contributed by atoms with E-state index in [1.165, 1.54) is 11.8 Å². The Labute approximate surface area is 145 Å². The third kappa shape index (κ3) is 5.86. The van der Waals surface area contributed by atoms with Crippen molar-refractivity contribution < 1.29 is 14.4 Å².